The van der Waals surface area contributed by atoms with Crippen molar-refractivity contribution in [3.05, 3.63) is 97.1 Å². The monoisotopic (exact) mass is 304 g/mol. The fourth-order valence-electron chi connectivity index (χ4n) is 3.67. The summed E-state index contributed by atoms with van der Waals surface area (Å²) in [6.07, 6.45) is 0. The Bertz CT molecular complexity index is 1140. The van der Waals surface area contributed by atoms with E-state index in [4.69, 9.17) is 0 Å². The van der Waals surface area contributed by atoms with Gasteiger partial charge in [-0.05, 0) is 55.6 Å². The van der Waals surface area contributed by atoms with Crippen LogP contribution in [-0.2, 0) is 0 Å². The van der Waals surface area contributed by atoms with Crippen molar-refractivity contribution < 1.29 is 0 Å². The fourth-order valence-corrected chi connectivity index (χ4v) is 3.67. The van der Waals surface area contributed by atoms with Gasteiger partial charge in [0, 0.05) is 0 Å². The number of hydrogen-bond donors (Lipinski definition) is 0. The molecule has 5 aromatic carbocycles. The third-order valence-corrected chi connectivity index (χ3v) is 4.81. The second-order valence-electron chi connectivity index (χ2n) is 6.26. The standard InChI is InChI=1S/C24H16/c1-2-8-18-15-21(14-13-17(18)7-1)24-22-11-5-3-9-19(22)16-20-10-4-6-12-23(20)24/h1-16H. The number of hydrogen-bond acceptors (Lipinski definition) is 0. The molecule has 0 heteroatoms. The van der Waals surface area contributed by atoms with Crippen LogP contribution in [0.3, 0.4) is 0 Å². The second-order valence-corrected chi connectivity index (χ2v) is 6.26. The first-order valence-electron chi connectivity index (χ1n) is 8.30. The lowest BCUT2D eigenvalue weighted by molar-refractivity contribution is 1.70. The molecule has 0 atom stereocenters. The summed E-state index contributed by atoms with van der Waals surface area (Å²) in [4.78, 5) is 0. The molecular formula is C24H16. The van der Waals surface area contributed by atoms with Crippen molar-refractivity contribution in [3.63, 3.8) is 0 Å². The Morgan fingerprint density at radius 3 is 1.58 bits per heavy atom. The summed E-state index contributed by atoms with van der Waals surface area (Å²) >= 11 is 0. The van der Waals surface area contributed by atoms with E-state index in [9.17, 15) is 0 Å². The first-order chi connectivity index (χ1) is 11.9. The lowest BCUT2D eigenvalue weighted by Crippen LogP contribution is -1.86. The predicted octanol–water partition coefficient (Wildman–Crippen LogP) is 6.81. The smallest absolute Gasteiger partial charge is 0.00266 e. The zero-order valence-corrected chi connectivity index (χ0v) is 13.2. The third kappa shape index (κ3) is 2.00. The maximum absolute atomic E-state index is 2.31. The van der Waals surface area contributed by atoms with Crippen LogP contribution in [0.1, 0.15) is 0 Å². The minimum Gasteiger partial charge on any atom is -0.0616 e. The average molecular weight is 304 g/mol. The highest BCUT2D eigenvalue weighted by Gasteiger charge is 2.09. The summed E-state index contributed by atoms with van der Waals surface area (Å²) in [7, 11) is 0. The van der Waals surface area contributed by atoms with Gasteiger partial charge in [-0.2, -0.15) is 0 Å². The molecule has 0 amide bonds. The molecule has 0 saturated heterocycles. The molecule has 0 aromatic heterocycles. The Morgan fingerprint density at radius 1 is 0.375 bits per heavy atom. The zero-order chi connectivity index (χ0) is 15.9. The molecule has 0 aliphatic carbocycles. The minimum absolute atomic E-state index is 1.28. The molecule has 0 saturated carbocycles. The molecule has 0 N–H and O–H groups in total. The number of fused-ring (bicyclic) bond motifs is 3. The predicted molar refractivity (Wildman–Crippen MR) is 104 cm³/mol. The molecule has 112 valence electrons. The van der Waals surface area contributed by atoms with Crippen molar-refractivity contribution in [3.8, 4) is 11.1 Å². The summed E-state index contributed by atoms with van der Waals surface area (Å²) < 4.78 is 0. The number of benzene rings is 5. The molecule has 0 fully saturated rings. The Hall–Kier alpha value is -3.12. The first kappa shape index (κ1) is 13.3. The Kier molecular flexibility index (Phi) is 2.89. The molecule has 0 unspecified atom stereocenters. The molecule has 0 bridgehead atoms. The van der Waals surface area contributed by atoms with E-state index in [1.54, 1.807) is 0 Å². The van der Waals surface area contributed by atoms with Crippen LogP contribution in [0.15, 0.2) is 97.1 Å². The summed E-state index contributed by atoms with van der Waals surface area (Å²) in [5, 5.41) is 7.77. The van der Waals surface area contributed by atoms with E-state index in [0.717, 1.165) is 0 Å². The second kappa shape index (κ2) is 5.21. The van der Waals surface area contributed by atoms with Crippen LogP contribution < -0.4 is 0 Å². The third-order valence-electron chi connectivity index (χ3n) is 4.81. The topological polar surface area (TPSA) is 0 Å². The van der Waals surface area contributed by atoms with Crippen molar-refractivity contribution in [2.24, 2.45) is 0 Å². The largest absolute Gasteiger partial charge is 0.0616 e. The SMILES string of the molecule is c1ccc2cc(-c3c4ccccc4cc4ccccc34)ccc2c1. The fraction of sp³-hybridized carbons (Fsp3) is 0. The van der Waals surface area contributed by atoms with E-state index in [1.807, 2.05) is 0 Å². The van der Waals surface area contributed by atoms with Gasteiger partial charge in [0.2, 0.25) is 0 Å². The van der Waals surface area contributed by atoms with Crippen molar-refractivity contribution in [1.82, 2.24) is 0 Å². The summed E-state index contributed by atoms with van der Waals surface area (Å²) in [5.41, 5.74) is 2.61. The van der Waals surface area contributed by atoms with E-state index in [0.29, 0.717) is 0 Å². The van der Waals surface area contributed by atoms with Gasteiger partial charge in [-0.3, -0.25) is 0 Å². The van der Waals surface area contributed by atoms with Crippen LogP contribution in [0.4, 0.5) is 0 Å². The van der Waals surface area contributed by atoms with Crippen LogP contribution in [0.25, 0.3) is 43.4 Å². The molecule has 5 aromatic rings. The zero-order valence-electron chi connectivity index (χ0n) is 13.2. The summed E-state index contributed by atoms with van der Waals surface area (Å²) in [5.74, 6) is 0. The van der Waals surface area contributed by atoms with Crippen molar-refractivity contribution in [2.45, 2.75) is 0 Å². The molecule has 0 nitrogen and oxygen atoms in total. The van der Waals surface area contributed by atoms with Gasteiger partial charge >= 0.3 is 0 Å². The van der Waals surface area contributed by atoms with Gasteiger partial charge in [0.25, 0.3) is 0 Å². The van der Waals surface area contributed by atoms with Gasteiger partial charge in [-0.25, -0.2) is 0 Å². The molecule has 0 spiro atoms. The van der Waals surface area contributed by atoms with Gasteiger partial charge in [0.05, 0.1) is 0 Å². The van der Waals surface area contributed by atoms with E-state index >= 15 is 0 Å². The molecule has 0 aliphatic rings. The van der Waals surface area contributed by atoms with Crippen molar-refractivity contribution in [1.29, 1.82) is 0 Å². The van der Waals surface area contributed by atoms with Crippen LogP contribution in [0, 0.1) is 0 Å². The van der Waals surface area contributed by atoms with Crippen molar-refractivity contribution >= 4 is 32.3 Å². The molecule has 0 aliphatic heterocycles. The van der Waals surface area contributed by atoms with Gasteiger partial charge in [-0.15, -0.1) is 0 Å². The Balaban J connectivity index is 1.94. The van der Waals surface area contributed by atoms with Crippen LogP contribution in [-0.4, -0.2) is 0 Å². The van der Waals surface area contributed by atoms with Gasteiger partial charge in [-0.1, -0.05) is 84.9 Å². The van der Waals surface area contributed by atoms with Gasteiger partial charge in [0.1, 0.15) is 0 Å². The van der Waals surface area contributed by atoms with Crippen LogP contribution in [0.5, 0.6) is 0 Å². The summed E-state index contributed by atoms with van der Waals surface area (Å²) in [6.45, 7) is 0. The Labute approximate surface area is 141 Å². The van der Waals surface area contributed by atoms with E-state index in [-0.39, 0.29) is 0 Å². The van der Waals surface area contributed by atoms with Gasteiger partial charge in [0.15, 0.2) is 0 Å². The van der Waals surface area contributed by atoms with Crippen molar-refractivity contribution in [2.75, 3.05) is 0 Å². The average Bonchev–Trinajstić information content (AvgIpc) is 2.65. The highest BCUT2D eigenvalue weighted by molar-refractivity contribution is 6.13. The highest BCUT2D eigenvalue weighted by Crippen LogP contribution is 2.37. The first-order valence-corrected chi connectivity index (χ1v) is 8.30. The molecule has 24 heavy (non-hydrogen) atoms. The van der Waals surface area contributed by atoms with Gasteiger partial charge < -0.3 is 0 Å². The molecule has 5 rings (SSSR count). The number of rotatable bonds is 1. The van der Waals surface area contributed by atoms with E-state index < -0.39 is 0 Å². The van der Waals surface area contributed by atoms with E-state index in [2.05, 4.69) is 97.1 Å². The maximum atomic E-state index is 2.31. The normalized spacial score (nSPS) is 11.3. The minimum atomic E-state index is 1.28. The van der Waals surface area contributed by atoms with Crippen LogP contribution in [0.2, 0.25) is 0 Å². The summed E-state index contributed by atoms with van der Waals surface area (Å²) in [6, 6.07) is 35.0. The lowest BCUT2D eigenvalue weighted by Gasteiger charge is -2.13. The molecule has 0 radical (unpaired) electrons. The van der Waals surface area contributed by atoms with E-state index in [1.165, 1.54) is 43.4 Å². The van der Waals surface area contributed by atoms with Crippen LogP contribution >= 0.6 is 0 Å². The molecular weight excluding hydrogens is 288 g/mol. The Morgan fingerprint density at radius 2 is 0.917 bits per heavy atom. The quantitative estimate of drug-likeness (QED) is 0.298. The maximum Gasteiger partial charge on any atom is -0.00266 e. The lowest BCUT2D eigenvalue weighted by atomic mass is 9.91. The highest BCUT2D eigenvalue weighted by atomic mass is 14.1. The molecule has 0 heterocycles.